The van der Waals surface area contributed by atoms with Crippen molar-refractivity contribution in [1.82, 2.24) is 24.6 Å². The number of aromatic nitrogens is 4. The number of ether oxygens (including phenoxy) is 1. The van der Waals surface area contributed by atoms with Crippen LogP contribution in [0.4, 0.5) is 5.82 Å². The maximum Gasteiger partial charge on any atom is 0.253 e. The summed E-state index contributed by atoms with van der Waals surface area (Å²) in [5, 5.41) is 8.69. The molecule has 0 radical (unpaired) electrons. The molecule has 1 aliphatic heterocycles. The molecule has 2 aromatic heterocycles. The normalized spacial score (nSPS) is 14.1. The molecule has 29 heavy (non-hydrogen) atoms. The van der Waals surface area contributed by atoms with Crippen LogP contribution in [-0.2, 0) is 0 Å². The number of nitrogens with zero attached hydrogens (tertiary/aromatic N) is 6. The van der Waals surface area contributed by atoms with E-state index in [4.69, 9.17) is 4.74 Å². The van der Waals surface area contributed by atoms with Gasteiger partial charge in [-0.25, -0.2) is 4.98 Å². The molecule has 4 rings (SSSR count). The number of aryl methyl sites for hydroxylation is 1. The van der Waals surface area contributed by atoms with E-state index >= 15 is 0 Å². The zero-order valence-electron chi connectivity index (χ0n) is 16.7. The molecule has 150 valence electrons. The first-order valence-electron chi connectivity index (χ1n) is 9.77. The summed E-state index contributed by atoms with van der Waals surface area (Å²) in [5.41, 5.74) is 0.682. The highest BCUT2D eigenvalue weighted by molar-refractivity contribution is 5.94. The molecule has 3 aromatic rings. The Morgan fingerprint density at radius 2 is 1.69 bits per heavy atom. The van der Waals surface area contributed by atoms with Gasteiger partial charge in [-0.3, -0.25) is 9.36 Å². The van der Waals surface area contributed by atoms with E-state index in [-0.39, 0.29) is 5.91 Å². The summed E-state index contributed by atoms with van der Waals surface area (Å²) in [6.45, 7) is 7.22. The van der Waals surface area contributed by atoms with Gasteiger partial charge in [-0.15, -0.1) is 10.2 Å². The standard InChI is InChI=1S/C21H24N6O2/c1-3-29-18-6-4-17(5-7-18)21(28)26-14-12-25(13-15-26)19-8-9-20(24-23-19)27-11-10-22-16(27)2/h4-11H,3,12-15H2,1-2H3. The van der Waals surface area contributed by atoms with E-state index in [2.05, 4.69) is 20.1 Å². The first kappa shape index (κ1) is 18.9. The van der Waals surface area contributed by atoms with Crippen molar-refractivity contribution in [3.63, 3.8) is 0 Å². The quantitative estimate of drug-likeness (QED) is 0.663. The van der Waals surface area contributed by atoms with Gasteiger partial charge < -0.3 is 14.5 Å². The number of hydrogen-bond acceptors (Lipinski definition) is 6. The first-order chi connectivity index (χ1) is 14.2. The van der Waals surface area contributed by atoms with Crippen LogP contribution in [-0.4, -0.2) is 63.3 Å². The lowest BCUT2D eigenvalue weighted by molar-refractivity contribution is 0.0746. The van der Waals surface area contributed by atoms with Gasteiger partial charge in [0.1, 0.15) is 11.6 Å². The SMILES string of the molecule is CCOc1ccc(C(=O)N2CCN(c3ccc(-n4ccnc4C)nn3)CC2)cc1. The summed E-state index contributed by atoms with van der Waals surface area (Å²) in [7, 11) is 0. The maximum atomic E-state index is 12.7. The second-order valence-electron chi connectivity index (χ2n) is 6.83. The smallest absolute Gasteiger partial charge is 0.253 e. The van der Waals surface area contributed by atoms with Crippen LogP contribution in [0.3, 0.4) is 0 Å². The van der Waals surface area contributed by atoms with Crippen LogP contribution in [0, 0.1) is 6.92 Å². The Morgan fingerprint density at radius 3 is 2.28 bits per heavy atom. The van der Waals surface area contributed by atoms with Crippen LogP contribution in [0.5, 0.6) is 5.75 Å². The minimum absolute atomic E-state index is 0.0460. The number of hydrogen-bond donors (Lipinski definition) is 0. The van der Waals surface area contributed by atoms with Gasteiger partial charge in [0, 0.05) is 44.1 Å². The Balaban J connectivity index is 1.36. The summed E-state index contributed by atoms with van der Waals surface area (Å²) in [4.78, 5) is 21.0. The molecular formula is C21H24N6O2. The number of amides is 1. The van der Waals surface area contributed by atoms with Crippen molar-refractivity contribution in [3.05, 3.63) is 60.2 Å². The van der Waals surface area contributed by atoms with Gasteiger partial charge in [0.05, 0.1) is 6.61 Å². The van der Waals surface area contributed by atoms with E-state index in [1.165, 1.54) is 0 Å². The van der Waals surface area contributed by atoms with Crippen LogP contribution in [0.1, 0.15) is 23.1 Å². The number of carbonyl (C=O) groups is 1. The predicted octanol–water partition coefficient (Wildman–Crippen LogP) is 2.33. The molecule has 0 aliphatic carbocycles. The van der Waals surface area contributed by atoms with Gasteiger partial charge in [-0.2, -0.15) is 0 Å². The lowest BCUT2D eigenvalue weighted by Crippen LogP contribution is -2.49. The van der Waals surface area contributed by atoms with Crippen molar-refractivity contribution in [2.24, 2.45) is 0 Å². The number of carbonyl (C=O) groups excluding carboxylic acids is 1. The molecule has 0 saturated carbocycles. The lowest BCUT2D eigenvalue weighted by Gasteiger charge is -2.35. The van der Waals surface area contributed by atoms with E-state index in [9.17, 15) is 4.79 Å². The molecule has 0 N–H and O–H groups in total. The third-order valence-electron chi connectivity index (χ3n) is 5.01. The Morgan fingerprint density at radius 1 is 1.00 bits per heavy atom. The average molecular weight is 392 g/mol. The van der Waals surface area contributed by atoms with Crippen molar-refractivity contribution in [3.8, 4) is 11.6 Å². The fourth-order valence-corrected chi connectivity index (χ4v) is 3.42. The highest BCUT2D eigenvalue weighted by Gasteiger charge is 2.23. The zero-order chi connectivity index (χ0) is 20.2. The molecule has 3 heterocycles. The summed E-state index contributed by atoms with van der Waals surface area (Å²) in [5.74, 6) is 3.26. The van der Waals surface area contributed by atoms with E-state index in [1.54, 1.807) is 6.20 Å². The number of anilines is 1. The summed E-state index contributed by atoms with van der Waals surface area (Å²) in [6, 6.07) is 11.2. The minimum Gasteiger partial charge on any atom is -0.494 e. The molecular weight excluding hydrogens is 368 g/mol. The zero-order valence-corrected chi connectivity index (χ0v) is 16.7. The monoisotopic (exact) mass is 392 g/mol. The highest BCUT2D eigenvalue weighted by Crippen LogP contribution is 2.18. The molecule has 1 fully saturated rings. The second-order valence-corrected chi connectivity index (χ2v) is 6.83. The predicted molar refractivity (Wildman–Crippen MR) is 110 cm³/mol. The number of rotatable bonds is 5. The molecule has 1 amide bonds. The molecule has 8 nitrogen and oxygen atoms in total. The Bertz CT molecular complexity index is 960. The largest absolute Gasteiger partial charge is 0.494 e. The van der Waals surface area contributed by atoms with Crippen molar-refractivity contribution in [1.29, 1.82) is 0 Å². The fourth-order valence-electron chi connectivity index (χ4n) is 3.42. The molecule has 0 spiro atoms. The van der Waals surface area contributed by atoms with Gasteiger partial charge in [-0.05, 0) is 50.2 Å². The van der Waals surface area contributed by atoms with Gasteiger partial charge in [0.15, 0.2) is 11.6 Å². The third kappa shape index (κ3) is 4.06. The maximum absolute atomic E-state index is 12.7. The van der Waals surface area contributed by atoms with Crippen LogP contribution in [0.2, 0.25) is 0 Å². The van der Waals surface area contributed by atoms with Crippen LogP contribution < -0.4 is 9.64 Å². The molecule has 0 bridgehead atoms. The number of piperazine rings is 1. The van der Waals surface area contributed by atoms with Crippen LogP contribution in [0.15, 0.2) is 48.8 Å². The Kier molecular flexibility index (Phi) is 5.41. The third-order valence-corrected chi connectivity index (χ3v) is 5.01. The summed E-state index contributed by atoms with van der Waals surface area (Å²) >= 11 is 0. The van der Waals surface area contributed by atoms with E-state index in [1.807, 2.05) is 65.9 Å². The van der Waals surface area contributed by atoms with E-state index in [0.29, 0.717) is 25.3 Å². The van der Waals surface area contributed by atoms with Crippen molar-refractivity contribution in [2.45, 2.75) is 13.8 Å². The molecule has 0 unspecified atom stereocenters. The second kappa shape index (κ2) is 8.30. The molecule has 1 saturated heterocycles. The van der Waals surface area contributed by atoms with Crippen LogP contribution in [0.25, 0.3) is 5.82 Å². The lowest BCUT2D eigenvalue weighted by atomic mass is 10.1. The van der Waals surface area contributed by atoms with Crippen molar-refractivity contribution in [2.75, 3.05) is 37.7 Å². The number of benzene rings is 1. The highest BCUT2D eigenvalue weighted by atomic mass is 16.5. The van der Waals surface area contributed by atoms with E-state index < -0.39 is 0 Å². The van der Waals surface area contributed by atoms with Crippen molar-refractivity contribution >= 4 is 11.7 Å². The minimum atomic E-state index is 0.0460. The summed E-state index contributed by atoms with van der Waals surface area (Å²) < 4.78 is 7.33. The Labute approximate surface area is 169 Å². The molecule has 0 atom stereocenters. The van der Waals surface area contributed by atoms with E-state index in [0.717, 1.165) is 36.3 Å². The van der Waals surface area contributed by atoms with Gasteiger partial charge >= 0.3 is 0 Å². The summed E-state index contributed by atoms with van der Waals surface area (Å²) in [6.07, 6.45) is 3.61. The van der Waals surface area contributed by atoms with Crippen LogP contribution >= 0.6 is 0 Å². The molecule has 1 aromatic carbocycles. The van der Waals surface area contributed by atoms with Gasteiger partial charge in [-0.1, -0.05) is 0 Å². The van der Waals surface area contributed by atoms with Gasteiger partial charge in [0.2, 0.25) is 0 Å². The molecule has 8 heteroatoms. The topological polar surface area (TPSA) is 76.4 Å². The first-order valence-corrected chi connectivity index (χ1v) is 9.77. The van der Waals surface area contributed by atoms with Crippen molar-refractivity contribution < 1.29 is 9.53 Å². The number of imidazole rings is 1. The fraction of sp³-hybridized carbons (Fsp3) is 0.333. The Hall–Kier alpha value is -3.42. The van der Waals surface area contributed by atoms with Gasteiger partial charge in [0.25, 0.3) is 5.91 Å². The average Bonchev–Trinajstić information content (AvgIpc) is 3.20. The molecule has 1 aliphatic rings.